The smallest absolute Gasteiger partial charge is 0.151 e. The molecule has 0 fully saturated rings. The fraction of sp³-hybridized carbons (Fsp3) is 0.143. The van der Waals surface area contributed by atoms with Crippen molar-refractivity contribution in [3.63, 3.8) is 0 Å². The van der Waals surface area contributed by atoms with Crippen molar-refractivity contribution in [1.82, 2.24) is 4.98 Å². The van der Waals surface area contributed by atoms with Gasteiger partial charge in [-0.1, -0.05) is 29.8 Å². The van der Waals surface area contributed by atoms with Crippen LogP contribution in [0.2, 0.25) is 5.02 Å². The third-order valence-electron chi connectivity index (χ3n) is 2.72. The van der Waals surface area contributed by atoms with Crippen LogP contribution < -0.4 is 10.6 Å². The first-order chi connectivity index (χ1) is 9.58. The summed E-state index contributed by atoms with van der Waals surface area (Å²) in [5.41, 5.74) is 6.42. The maximum absolute atomic E-state index is 7.39. The number of amidine groups is 1. The van der Waals surface area contributed by atoms with Crippen molar-refractivity contribution in [3.8, 4) is 0 Å². The minimum atomic E-state index is 0.138. The van der Waals surface area contributed by atoms with Crippen molar-refractivity contribution in [3.05, 3.63) is 52.1 Å². The fourth-order valence-corrected chi connectivity index (χ4v) is 2.53. The lowest BCUT2D eigenvalue weighted by Crippen LogP contribution is -2.24. The molecule has 0 atom stereocenters. The molecule has 0 aliphatic carbocycles. The number of nitrogens with two attached hydrogens (primary N) is 1. The van der Waals surface area contributed by atoms with E-state index in [0.29, 0.717) is 23.8 Å². The van der Waals surface area contributed by atoms with Crippen LogP contribution in [0.1, 0.15) is 6.42 Å². The maximum Gasteiger partial charge on any atom is 0.151 e. The second kappa shape index (κ2) is 6.72. The second-order valence-electron chi connectivity index (χ2n) is 4.22. The number of nitrogens with one attached hydrogen (secondary N) is 1. The van der Waals surface area contributed by atoms with E-state index in [9.17, 15) is 0 Å². The zero-order valence-electron chi connectivity index (χ0n) is 10.7. The lowest BCUT2D eigenvalue weighted by Gasteiger charge is -2.24. The molecular formula is C14H14BrClN4. The lowest BCUT2D eigenvalue weighted by atomic mass is 10.2. The van der Waals surface area contributed by atoms with Crippen molar-refractivity contribution in [2.24, 2.45) is 5.73 Å². The monoisotopic (exact) mass is 352 g/mol. The van der Waals surface area contributed by atoms with E-state index in [1.807, 2.05) is 35.2 Å². The van der Waals surface area contributed by atoms with Crippen LogP contribution in [-0.4, -0.2) is 17.4 Å². The van der Waals surface area contributed by atoms with Gasteiger partial charge < -0.3 is 10.6 Å². The molecule has 0 unspecified atom stereocenters. The van der Waals surface area contributed by atoms with Gasteiger partial charge in [-0.15, -0.1) is 0 Å². The molecule has 3 N–H and O–H groups in total. The highest BCUT2D eigenvalue weighted by molar-refractivity contribution is 9.10. The Morgan fingerprint density at radius 2 is 2.05 bits per heavy atom. The Bertz CT molecular complexity index is 603. The number of hydrogen-bond acceptors (Lipinski definition) is 3. The molecule has 0 aliphatic rings. The van der Waals surface area contributed by atoms with Crippen molar-refractivity contribution in [2.75, 3.05) is 11.4 Å². The molecule has 0 radical (unpaired) electrons. The number of anilines is 2. The lowest BCUT2D eigenvalue weighted by molar-refractivity contribution is 0.932. The maximum atomic E-state index is 7.39. The Balaban J connectivity index is 2.37. The standard InChI is InChI=1S/C14H14BrClN4/c15-10-8-12(16)14(19-9-10)20(7-6-13(17)18)11-4-2-1-3-5-11/h1-5,8-9H,6-7H2,(H3,17,18). The summed E-state index contributed by atoms with van der Waals surface area (Å²) in [4.78, 5) is 6.32. The summed E-state index contributed by atoms with van der Waals surface area (Å²) in [6.45, 7) is 0.549. The molecule has 0 spiro atoms. The first kappa shape index (κ1) is 14.8. The van der Waals surface area contributed by atoms with Crippen LogP contribution in [0.15, 0.2) is 47.1 Å². The van der Waals surface area contributed by atoms with Gasteiger partial charge in [-0.05, 0) is 34.1 Å². The van der Waals surface area contributed by atoms with Gasteiger partial charge in [-0.2, -0.15) is 0 Å². The Morgan fingerprint density at radius 3 is 2.65 bits per heavy atom. The van der Waals surface area contributed by atoms with Crippen molar-refractivity contribution < 1.29 is 0 Å². The molecule has 0 saturated heterocycles. The minimum Gasteiger partial charge on any atom is -0.388 e. The van der Waals surface area contributed by atoms with Crippen LogP contribution in [0.4, 0.5) is 11.5 Å². The fourth-order valence-electron chi connectivity index (χ4n) is 1.80. The number of hydrogen-bond donors (Lipinski definition) is 2. The molecule has 0 amide bonds. The zero-order valence-corrected chi connectivity index (χ0v) is 13.0. The summed E-state index contributed by atoms with van der Waals surface area (Å²) >= 11 is 9.61. The Morgan fingerprint density at radius 1 is 1.35 bits per heavy atom. The van der Waals surface area contributed by atoms with Gasteiger partial charge in [0.15, 0.2) is 5.82 Å². The van der Waals surface area contributed by atoms with E-state index >= 15 is 0 Å². The largest absolute Gasteiger partial charge is 0.388 e. The van der Waals surface area contributed by atoms with Gasteiger partial charge in [0.1, 0.15) is 0 Å². The summed E-state index contributed by atoms with van der Waals surface area (Å²) in [5, 5.41) is 7.94. The van der Waals surface area contributed by atoms with E-state index in [2.05, 4.69) is 20.9 Å². The normalized spacial score (nSPS) is 10.3. The quantitative estimate of drug-likeness (QED) is 0.631. The van der Waals surface area contributed by atoms with Gasteiger partial charge in [0.05, 0.1) is 10.9 Å². The molecule has 0 bridgehead atoms. The number of halogens is 2. The van der Waals surface area contributed by atoms with Gasteiger partial charge in [0.25, 0.3) is 0 Å². The van der Waals surface area contributed by atoms with Gasteiger partial charge in [-0.3, -0.25) is 5.41 Å². The van der Waals surface area contributed by atoms with Crippen molar-refractivity contribution in [1.29, 1.82) is 5.41 Å². The summed E-state index contributed by atoms with van der Waals surface area (Å²) < 4.78 is 0.825. The van der Waals surface area contributed by atoms with E-state index in [0.717, 1.165) is 10.2 Å². The molecule has 1 aromatic heterocycles. The van der Waals surface area contributed by atoms with Gasteiger partial charge in [-0.25, -0.2) is 4.98 Å². The van der Waals surface area contributed by atoms with Crippen LogP contribution in [0.3, 0.4) is 0 Å². The predicted octanol–water partition coefficient (Wildman–Crippen LogP) is 3.96. The van der Waals surface area contributed by atoms with E-state index < -0.39 is 0 Å². The van der Waals surface area contributed by atoms with Crippen LogP contribution in [-0.2, 0) is 0 Å². The molecule has 1 heterocycles. The van der Waals surface area contributed by atoms with E-state index in [1.165, 1.54) is 0 Å². The minimum absolute atomic E-state index is 0.138. The highest BCUT2D eigenvalue weighted by Gasteiger charge is 2.14. The molecule has 2 aromatic rings. The van der Waals surface area contributed by atoms with Crippen LogP contribution in [0.5, 0.6) is 0 Å². The second-order valence-corrected chi connectivity index (χ2v) is 5.54. The Labute approximate surface area is 131 Å². The molecule has 6 heteroatoms. The van der Waals surface area contributed by atoms with E-state index in [4.69, 9.17) is 22.7 Å². The number of para-hydroxylation sites is 1. The van der Waals surface area contributed by atoms with Crippen molar-refractivity contribution in [2.45, 2.75) is 6.42 Å². The number of rotatable bonds is 5. The Kier molecular flexibility index (Phi) is 4.98. The van der Waals surface area contributed by atoms with E-state index in [1.54, 1.807) is 12.3 Å². The SMILES string of the molecule is N=C(N)CCN(c1ccccc1)c1ncc(Br)cc1Cl. The number of aromatic nitrogens is 1. The molecule has 0 aliphatic heterocycles. The van der Waals surface area contributed by atoms with Crippen molar-refractivity contribution >= 4 is 44.9 Å². The average molecular weight is 354 g/mol. The molecule has 104 valence electrons. The van der Waals surface area contributed by atoms with Crippen LogP contribution >= 0.6 is 27.5 Å². The highest BCUT2D eigenvalue weighted by atomic mass is 79.9. The topological polar surface area (TPSA) is 66.0 Å². The molecule has 4 nitrogen and oxygen atoms in total. The highest BCUT2D eigenvalue weighted by Crippen LogP contribution is 2.31. The molecule has 20 heavy (non-hydrogen) atoms. The predicted molar refractivity (Wildman–Crippen MR) is 86.9 cm³/mol. The van der Waals surface area contributed by atoms with Gasteiger partial charge in [0.2, 0.25) is 0 Å². The molecule has 2 rings (SSSR count). The Hall–Kier alpha value is -1.59. The summed E-state index contributed by atoms with van der Waals surface area (Å²) in [5.74, 6) is 0.793. The molecular weight excluding hydrogens is 340 g/mol. The molecule has 0 saturated carbocycles. The first-order valence-corrected chi connectivity index (χ1v) is 7.21. The van der Waals surface area contributed by atoms with Crippen LogP contribution in [0, 0.1) is 5.41 Å². The zero-order chi connectivity index (χ0) is 14.5. The average Bonchev–Trinajstić information content (AvgIpc) is 2.42. The van der Waals surface area contributed by atoms with Crippen LogP contribution in [0.25, 0.3) is 0 Å². The van der Waals surface area contributed by atoms with Gasteiger partial charge in [0, 0.05) is 29.3 Å². The summed E-state index contributed by atoms with van der Waals surface area (Å²) in [6.07, 6.45) is 2.15. The third-order valence-corrected chi connectivity index (χ3v) is 3.43. The van der Waals surface area contributed by atoms with E-state index in [-0.39, 0.29) is 5.84 Å². The summed E-state index contributed by atoms with van der Waals surface area (Å²) in [6, 6.07) is 11.6. The molecule has 1 aromatic carbocycles. The summed E-state index contributed by atoms with van der Waals surface area (Å²) in [7, 11) is 0. The third kappa shape index (κ3) is 3.71. The number of nitrogens with zero attached hydrogens (tertiary/aromatic N) is 2. The van der Waals surface area contributed by atoms with Gasteiger partial charge >= 0.3 is 0 Å². The number of benzene rings is 1. The number of pyridine rings is 1. The first-order valence-electron chi connectivity index (χ1n) is 6.04.